The summed E-state index contributed by atoms with van der Waals surface area (Å²) in [5.41, 5.74) is 5.78. The summed E-state index contributed by atoms with van der Waals surface area (Å²) in [5, 5.41) is 6.50. The Morgan fingerprint density at radius 2 is 1.72 bits per heavy atom. The molecule has 0 aliphatic carbocycles. The van der Waals surface area contributed by atoms with Gasteiger partial charge in [-0.3, -0.25) is 9.59 Å². The van der Waals surface area contributed by atoms with Crippen molar-refractivity contribution in [3.63, 3.8) is 0 Å². The third-order valence-electron chi connectivity index (χ3n) is 7.72. The van der Waals surface area contributed by atoms with E-state index < -0.39 is 0 Å². The monoisotopic (exact) mass is 599 g/mol. The standard InChI is InChI=1S/C34H38FN5O2S/c1-4-5-31(41)36-21-24-8-10-25(11-9-24)29(43-3)20-32(42)39-18-19-40-30(22-39)38-33(26-12-14-27(35)15-13-26)34(40)37-28-16-6-23(2)7-17-28/h6-17,29,37H,4-5,18-22H2,1-3H3,(H,36,41). The fourth-order valence-electron chi connectivity index (χ4n) is 5.24. The normalized spacial score (nSPS) is 13.3. The molecular weight excluding hydrogens is 561 g/mol. The number of nitrogens with zero attached hydrogens (tertiary/aromatic N) is 3. The van der Waals surface area contributed by atoms with E-state index in [4.69, 9.17) is 4.98 Å². The molecule has 5 rings (SSSR count). The van der Waals surface area contributed by atoms with Crippen molar-refractivity contribution in [2.75, 3.05) is 18.1 Å². The van der Waals surface area contributed by atoms with Crippen LogP contribution in [0.25, 0.3) is 11.3 Å². The van der Waals surface area contributed by atoms with E-state index >= 15 is 0 Å². The van der Waals surface area contributed by atoms with Gasteiger partial charge in [-0.05, 0) is 67.1 Å². The first-order valence-corrected chi connectivity index (χ1v) is 16.0. The van der Waals surface area contributed by atoms with E-state index in [9.17, 15) is 14.0 Å². The second kappa shape index (κ2) is 13.9. The maximum absolute atomic E-state index is 13.7. The lowest BCUT2D eigenvalue weighted by Crippen LogP contribution is -2.39. The average molecular weight is 600 g/mol. The minimum Gasteiger partial charge on any atom is -0.352 e. The molecule has 9 heteroatoms. The molecule has 0 fully saturated rings. The summed E-state index contributed by atoms with van der Waals surface area (Å²) in [6.45, 7) is 6.12. The highest BCUT2D eigenvalue weighted by molar-refractivity contribution is 7.98. The summed E-state index contributed by atoms with van der Waals surface area (Å²) in [7, 11) is 0. The van der Waals surface area contributed by atoms with Gasteiger partial charge in [0, 0.05) is 49.0 Å². The molecule has 224 valence electrons. The van der Waals surface area contributed by atoms with Crippen molar-refractivity contribution in [1.29, 1.82) is 0 Å². The van der Waals surface area contributed by atoms with Crippen molar-refractivity contribution in [3.05, 3.63) is 101 Å². The van der Waals surface area contributed by atoms with Crippen LogP contribution in [0.2, 0.25) is 0 Å². The first-order valence-electron chi connectivity index (χ1n) is 14.7. The van der Waals surface area contributed by atoms with Gasteiger partial charge in [0.1, 0.15) is 23.2 Å². The molecule has 0 radical (unpaired) electrons. The third kappa shape index (κ3) is 7.46. The highest BCUT2D eigenvalue weighted by Crippen LogP contribution is 2.35. The average Bonchev–Trinajstić information content (AvgIpc) is 3.38. The number of rotatable bonds is 11. The lowest BCUT2D eigenvalue weighted by atomic mass is 10.1. The Labute approximate surface area is 256 Å². The van der Waals surface area contributed by atoms with Crippen LogP contribution in [0.15, 0.2) is 72.8 Å². The van der Waals surface area contributed by atoms with E-state index in [2.05, 4.69) is 39.5 Å². The zero-order valence-corrected chi connectivity index (χ0v) is 25.7. The highest BCUT2D eigenvalue weighted by atomic mass is 32.2. The Hall–Kier alpha value is -4.11. The molecule has 4 aromatic rings. The van der Waals surface area contributed by atoms with Gasteiger partial charge in [0.2, 0.25) is 11.8 Å². The lowest BCUT2D eigenvalue weighted by Gasteiger charge is -2.30. The SMILES string of the molecule is CCCC(=O)NCc1ccc(C(CC(=O)N2CCn3c(nc(-c4ccc(F)cc4)c3Nc3ccc(C)cc3)C2)SC)cc1. The molecule has 0 saturated carbocycles. The first-order chi connectivity index (χ1) is 20.8. The molecule has 1 aromatic heterocycles. The van der Waals surface area contributed by atoms with Crippen LogP contribution in [-0.4, -0.2) is 39.1 Å². The molecule has 1 atom stereocenters. The maximum atomic E-state index is 13.7. The summed E-state index contributed by atoms with van der Waals surface area (Å²) >= 11 is 1.66. The molecule has 0 saturated heterocycles. The summed E-state index contributed by atoms with van der Waals surface area (Å²) in [4.78, 5) is 32.2. The van der Waals surface area contributed by atoms with E-state index in [0.29, 0.717) is 39.0 Å². The number of halogens is 1. The van der Waals surface area contributed by atoms with Crippen molar-refractivity contribution < 1.29 is 14.0 Å². The second-order valence-corrected chi connectivity index (χ2v) is 11.9. The van der Waals surface area contributed by atoms with Crippen molar-refractivity contribution in [2.24, 2.45) is 0 Å². The van der Waals surface area contributed by atoms with Gasteiger partial charge in [0.15, 0.2) is 0 Å². The van der Waals surface area contributed by atoms with Crippen LogP contribution < -0.4 is 10.6 Å². The number of nitrogens with one attached hydrogen (secondary N) is 2. The number of aryl methyl sites for hydroxylation is 1. The predicted molar refractivity (Wildman–Crippen MR) is 172 cm³/mol. The number of aromatic nitrogens is 2. The van der Waals surface area contributed by atoms with E-state index in [1.165, 1.54) is 17.7 Å². The molecular formula is C34H38FN5O2S. The van der Waals surface area contributed by atoms with Crippen molar-refractivity contribution in [1.82, 2.24) is 19.8 Å². The number of carbonyl (C=O) groups excluding carboxylic acids is 2. The van der Waals surface area contributed by atoms with Crippen molar-refractivity contribution in [3.8, 4) is 11.3 Å². The minimum atomic E-state index is -0.297. The number of carbonyl (C=O) groups is 2. The number of hydrogen-bond donors (Lipinski definition) is 2. The topological polar surface area (TPSA) is 79.3 Å². The number of hydrogen-bond acceptors (Lipinski definition) is 5. The van der Waals surface area contributed by atoms with Crippen LogP contribution in [0.4, 0.5) is 15.9 Å². The molecule has 2 heterocycles. The van der Waals surface area contributed by atoms with Crippen molar-refractivity contribution in [2.45, 2.75) is 58.0 Å². The minimum absolute atomic E-state index is 0.0199. The second-order valence-electron chi connectivity index (χ2n) is 10.9. The predicted octanol–water partition coefficient (Wildman–Crippen LogP) is 6.99. The number of thioether (sulfide) groups is 1. The van der Waals surface area contributed by atoms with Crippen LogP contribution in [0, 0.1) is 12.7 Å². The van der Waals surface area contributed by atoms with Crippen LogP contribution >= 0.6 is 11.8 Å². The summed E-state index contributed by atoms with van der Waals surface area (Å²) in [5.74, 6) is 1.48. The number of fused-ring (bicyclic) bond motifs is 1. The summed E-state index contributed by atoms with van der Waals surface area (Å²) < 4.78 is 15.8. The largest absolute Gasteiger partial charge is 0.352 e. The molecule has 2 N–H and O–H groups in total. The zero-order valence-electron chi connectivity index (χ0n) is 24.9. The molecule has 2 amide bonds. The van der Waals surface area contributed by atoms with E-state index in [-0.39, 0.29) is 22.9 Å². The first kappa shape index (κ1) is 30.4. The smallest absolute Gasteiger partial charge is 0.224 e. The van der Waals surface area contributed by atoms with E-state index in [0.717, 1.165) is 46.1 Å². The fraction of sp³-hybridized carbons (Fsp3) is 0.324. The van der Waals surface area contributed by atoms with Crippen molar-refractivity contribution >= 4 is 35.1 Å². The molecule has 1 aliphatic rings. The molecule has 1 unspecified atom stereocenters. The van der Waals surface area contributed by atoms with Crippen LogP contribution in [0.5, 0.6) is 0 Å². The molecule has 7 nitrogen and oxygen atoms in total. The zero-order chi connectivity index (χ0) is 30.3. The summed E-state index contributed by atoms with van der Waals surface area (Å²) in [6, 6.07) is 22.7. The number of anilines is 2. The van der Waals surface area contributed by atoms with Gasteiger partial charge in [-0.15, -0.1) is 0 Å². The van der Waals surface area contributed by atoms with Gasteiger partial charge < -0.3 is 20.1 Å². The van der Waals surface area contributed by atoms with Gasteiger partial charge in [-0.1, -0.05) is 48.9 Å². The Balaban J connectivity index is 1.30. The van der Waals surface area contributed by atoms with E-state index in [1.807, 2.05) is 49.3 Å². The van der Waals surface area contributed by atoms with Crippen LogP contribution in [0.1, 0.15) is 54.0 Å². The Morgan fingerprint density at radius 1 is 1.00 bits per heavy atom. The van der Waals surface area contributed by atoms with Crippen LogP contribution in [0.3, 0.4) is 0 Å². The maximum Gasteiger partial charge on any atom is 0.224 e. The Morgan fingerprint density at radius 3 is 2.40 bits per heavy atom. The third-order valence-corrected chi connectivity index (χ3v) is 8.73. The fourth-order valence-corrected chi connectivity index (χ4v) is 5.98. The molecule has 0 spiro atoms. The van der Waals surface area contributed by atoms with Gasteiger partial charge in [0.25, 0.3) is 0 Å². The molecule has 0 bridgehead atoms. The van der Waals surface area contributed by atoms with Gasteiger partial charge in [-0.2, -0.15) is 11.8 Å². The molecule has 3 aromatic carbocycles. The van der Waals surface area contributed by atoms with Gasteiger partial charge in [0.05, 0.1) is 6.54 Å². The van der Waals surface area contributed by atoms with Crippen LogP contribution in [-0.2, 0) is 29.2 Å². The van der Waals surface area contributed by atoms with E-state index in [1.54, 1.807) is 23.9 Å². The van der Waals surface area contributed by atoms with Gasteiger partial charge >= 0.3 is 0 Å². The quantitative estimate of drug-likeness (QED) is 0.194. The number of amides is 2. The Kier molecular flexibility index (Phi) is 9.82. The number of benzene rings is 3. The number of imidazole rings is 1. The highest BCUT2D eigenvalue weighted by Gasteiger charge is 2.28. The Bertz CT molecular complexity index is 1550. The lowest BCUT2D eigenvalue weighted by molar-refractivity contribution is -0.132. The van der Waals surface area contributed by atoms with Gasteiger partial charge in [-0.25, -0.2) is 9.37 Å². The molecule has 43 heavy (non-hydrogen) atoms. The molecule has 1 aliphatic heterocycles. The summed E-state index contributed by atoms with van der Waals surface area (Å²) in [6.07, 6.45) is 3.77.